The molecule has 1 aromatic heterocycles. The molecule has 4 rings (SSSR count). The fourth-order valence-corrected chi connectivity index (χ4v) is 4.88. The highest BCUT2D eigenvalue weighted by atomic mass is 32.2. The molecule has 1 amide bonds. The van der Waals surface area contributed by atoms with E-state index in [1.165, 1.54) is 6.07 Å². The van der Waals surface area contributed by atoms with E-state index in [-0.39, 0.29) is 23.3 Å². The van der Waals surface area contributed by atoms with Crippen molar-refractivity contribution in [3.8, 4) is 0 Å². The number of nitrogens with zero attached hydrogens (tertiary/aromatic N) is 5. The second-order valence-corrected chi connectivity index (χ2v) is 8.69. The van der Waals surface area contributed by atoms with E-state index >= 15 is 0 Å². The van der Waals surface area contributed by atoms with E-state index in [1.54, 1.807) is 34.7 Å². The van der Waals surface area contributed by atoms with Crippen LogP contribution in [0, 0.1) is 19.8 Å². The van der Waals surface area contributed by atoms with E-state index in [0.29, 0.717) is 36.3 Å². The van der Waals surface area contributed by atoms with Crippen LogP contribution in [-0.4, -0.2) is 52.9 Å². The van der Waals surface area contributed by atoms with Crippen molar-refractivity contribution in [3.63, 3.8) is 0 Å². The van der Waals surface area contributed by atoms with Gasteiger partial charge in [-0.05, 0) is 38.8 Å². The molecule has 1 atom stereocenters. The van der Waals surface area contributed by atoms with Gasteiger partial charge < -0.3 is 10.2 Å². The molecular formula is C18H22N6O3S. The van der Waals surface area contributed by atoms with Gasteiger partial charge >= 0.3 is 0 Å². The molecule has 2 aliphatic rings. The zero-order valence-corrected chi connectivity index (χ0v) is 16.6. The molecule has 1 unspecified atom stereocenters. The van der Waals surface area contributed by atoms with E-state index in [0.717, 1.165) is 12.8 Å². The molecule has 1 N–H and O–H groups in total. The number of aryl methyl sites for hydroxylation is 2. The number of para-hydroxylation sites is 1. The van der Waals surface area contributed by atoms with Gasteiger partial charge in [0.15, 0.2) is 0 Å². The second kappa shape index (κ2) is 7.01. The van der Waals surface area contributed by atoms with Gasteiger partial charge in [-0.15, -0.1) is 4.40 Å². The quantitative estimate of drug-likeness (QED) is 0.830. The third-order valence-corrected chi connectivity index (χ3v) is 6.40. The predicted molar refractivity (Wildman–Crippen MR) is 103 cm³/mol. The maximum Gasteiger partial charge on any atom is 0.286 e. The number of amidine groups is 1. The Balaban J connectivity index is 1.51. The summed E-state index contributed by atoms with van der Waals surface area (Å²) in [6, 6.07) is 6.72. The van der Waals surface area contributed by atoms with E-state index in [2.05, 4.69) is 19.8 Å². The third kappa shape index (κ3) is 3.51. The number of nitrogens with one attached hydrogen (secondary N) is 1. The smallest absolute Gasteiger partial charge is 0.286 e. The predicted octanol–water partition coefficient (Wildman–Crippen LogP) is 1.35. The summed E-state index contributed by atoms with van der Waals surface area (Å²) < 4.78 is 30.6. The lowest BCUT2D eigenvalue weighted by molar-refractivity contribution is -0.133. The number of piperidine rings is 1. The lowest BCUT2D eigenvalue weighted by Gasteiger charge is -2.34. The SMILES string of the molecule is Cc1nc(C)n(CC(=O)N2CCCC(C3=NS(=O)(=O)c4ccccc4N3)C2)n1. The Kier molecular flexibility index (Phi) is 4.66. The van der Waals surface area contributed by atoms with Gasteiger partial charge in [-0.3, -0.25) is 4.79 Å². The van der Waals surface area contributed by atoms with Crippen molar-refractivity contribution < 1.29 is 13.2 Å². The zero-order valence-electron chi connectivity index (χ0n) is 15.8. The van der Waals surface area contributed by atoms with Crippen molar-refractivity contribution in [2.24, 2.45) is 10.3 Å². The number of benzene rings is 1. The van der Waals surface area contributed by atoms with Gasteiger partial charge in [0.2, 0.25) is 5.91 Å². The molecule has 2 aliphatic heterocycles. The second-order valence-electron chi connectivity index (χ2n) is 7.12. The van der Waals surface area contributed by atoms with E-state index in [4.69, 9.17) is 0 Å². The van der Waals surface area contributed by atoms with Crippen LogP contribution < -0.4 is 5.32 Å². The number of sulfonamides is 1. The Morgan fingerprint density at radius 3 is 2.82 bits per heavy atom. The largest absolute Gasteiger partial charge is 0.342 e. The molecule has 10 heteroatoms. The monoisotopic (exact) mass is 402 g/mol. The Morgan fingerprint density at radius 1 is 1.29 bits per heavy atom. The molecule has 1 saturated heterocycles. The van der Waals surface area contributed by atoms with Gasteiger partial charge in [-0.2, -0.15) is 13.5 Å². The molecule has 9 nitrogen and oxygen atoms in total. The molecule has 2 aromatic rings. The minimum absolute atomic E-state index is 0.0580. The summed E-state index contributed by atoms with van der Waals surface area (Å²) in [5.74, 6) is 1.52. The minimum atomic E-state index is -3.73. The van der Waals surface area contributed by atoms with Crippen molar-refractivity contribution in [1.82, 2.24) is 19.7 Å². The Hall–Kier alpha value is -2.75. The molecule has 0 bridgehead atoms. The normalized spacial score (nSPS) is 20.9. The molecule has 28 heavy (non-hydrogen) atoms. The van der Waals surface area contributed by atoms with Crippen LogP contribution in [0.2, 0.25) is 0 Å². The molecule has 0 saturated carbocycles. The summed E-state index contributed by atoms with van der Waals surface area (Å²) in [5, 5.41) is 7.39. The molecule has 3 heterocycles. The Bertz CT molecular complexity index is 1060. The zero-order chi connectivity index (χ0) is 19.9. The molecule has 0 spiro atoms. The lowest BCUT2D eigenvalue weighted by Crippen LogP contribution is -2.45. The minimum Gasteiger partial charge on any atom is -0.342 e. The molecule has 0 radical (unpaired) electrons. The number of hydrogen-bond acceptors (Lipinski definition) is 6. The first-order valence-corrected chi connectivity index (χ1v) is 10.6. The van der Waals surface area contributed by atoms with Crippen molar-refractivity contribution >= 4 is 27.5 Å². The average Bonchev–Trinajstić information content (AvgIpc) is 2.98. The number of carbonyl (C=O) groups is 1. The van der Waals surface area contributed by atoms with Crippen LogP contribution in [0.25, 0.3) is 0 Å². The first-order valence-electron chi connectivity index (χ1n) is 9.20. The summed E-state index contributed by atoms with van der Waals surface area (Å²) in [4.78, 5) is 18.9. The highest BCUT2D eigenvalue weighted by Crippen LogP contribution is 2.30. The van der Waals surface area contributed by atoms with Crippen LogP contribution in [0.5, 0.6) is 0 Å². The van der Waals surface area contributed by atoms with Gasteiger partial charge in [-0.25, -0.2) is 9.67 Å². The van der Waals surface area contributed by atoms with E-state index in [9.17, 15) is 13.2 Å². The van der Waals surface area contributed by atoms with Crippen molar-refractivity contribution in [2.45, 2.75) is 38.1 Å². The number of rotatable bonds is 3. The van der Waals surface area contributed by atoms with Crippen LogP contribution in [0.15, 0.2) is 33.6 Å². The Morgan fingerprint density at radius 2 is 2.07 bits per heavy atom. The maximum absolute atomic E-state index is 12.7. The topological polar surface area (TPSA) is 110 Å². The van der Waals surface area contributed by atoms with Gasteiger partial charge in [0.25, 0.3) is 10.0 Å². The van der Waals surface area contributed by atoms with Gasteiger partial charge in [0.05, 0.1) is 5.69 Å². The summed E-state index contributed by atoms with van der Waals surface area (Å²) in [6.45, 7) is 4.79. The maximum atomic E-state index is 12.7. The van der Waals surface area contributed by atoms with Crippen LogP contribution in [-0.2, 0) is 21.4 Å². The van der Waals surface area contributed by atoms with Gasteiger partial charge in [-0.1, -0.05) is 12.1 Å². The Labute approximate surface area is 163 Å². The summed E-state index contributed by atoms with van der Waals surface area (Å²) >= 11 is 0. The lowest BCUT2D eigenvalue weighted by atomic mass is 9.96. The van der Waals surface area contributed by atoms with Crippen LogP contribution in [0.1, 0.15) is 24.5 Å². The van der Waals surface area contributed by atoms with Crippen molar-refractivity contribution in [1.29, 1.82) is 0 Å². The van der Waals surface area contributed by atoms with Crippen LogP contribution in [0.3, 0.4) is 0 Å². The van der Waals surface area contributed by atoms with E-state index in [1.807, 2.05) is 6.92 Å². The van der Waals surface area contributed by atoms with Crippen LogP contribution >= 0.6 is 0 Å². The van der Waals surface area contributed by atoms with Gasteiger partial charge in [0, 0.05) is 19.0 Å². The molecule has 0 aliphatic carbocycles. The first-order chi connectivity index (χ1) is 13.3. The number of fused-ring (bicyclic) bond motifs is 1. The van der Waals surface area contributed by atoms with Crippen LogP contribution in [0.4, 0.5) is 5.69 Å². The highest BCUT2D eigenvalue weighted by Gasteiger charge is 2.32. The summed E-state index contributed by atoms with van der Waals surface area (Å²) in [5.41, 5.74) is 0.532. The van der Waals surface area contributed by atoms with Crippen molar-refractivity contribution in [2.75, 3.05) is 18.4 Å². The number of anilines is 1. The van der Waals surface area contributed by atoms with Gasteiger partial charge in [0.1, 0.15) is 28.9 Å². The van der Waals surface area contributed by atoms with E-state index < -0.39 is 10.0 Å². The number of carbonyl (C=O) groups excluding carboxylic acids is 1. The molecule has 1 aromatic carbocycles. The fourth-order valence-electron chi connectivity index (χ4n) is 3.68. The standard InChI is InChI=1S/C18H22N6O3S/c1-12-19-13(2)24(21-12)11-17(25)23-9-5-6-14(10-23)18-20-15-7-3-4-8-16(15)28(26,27)22-18/h3-4,7-8,14H,5-6,9-11H2,1-2H3,(H,20,22). The molecule has 1 fully saturated rings. The highest BCUT2D eigenvalue weighted by molar-refractivity contribution is 7.90. The number of likely N-dealkylation sites (tertiary alicyclic amines) is 1. The fraction of sp³-hybridized carbons (Fsp3) is 0.444. The number of aromatic nitrogens is 3. The molecule has 148 valence electrons. The summed E-state index contributed by atoms with van der Waals surface area (Å²) in [7, 11) is -3.73. The number of amides is 1. The average molecular weight is 402 g/mol. The summed E-state index contributed by atoms with van der Waals surface area (Å²) in [6.07, 6.45) is 1.56. The first kappa shape index (κ1) is 18.6. The van der Waals surface area contributed by atoms with Crippen molar-refractivity contribution in [3.05, 3.63) is 35.9 Å². The third-order valence-electron chi connectivity index (χ3n) is 5.05. The number of hydrogen-bond donors (Lipinski definition) is 1. The molecular weight excluding hydrogens is 380 g/mol.